The smallest absolute Gasteiger partial charge is 0.257 e. The number of halogens is 2. The third-order valence-corrected chi connectivity index (χ3v) is 4.70. The largest absolute Gasteiger partial charge is 0.336 e. The van der Waals surface area contributed by atoms with Crippen LogP contribution in [0.1, 0.15) is 23.7 Å². The number of hydrogen-bond acceptors (Lipinski definition) is 3. The molecule has 1 aliphatic rings. The SMILES string of the molecule is CC1CC(CN)CN1C(=O)c1cnn(-c2ccc(Br)cc2)c1.Cl. The molecule has 1 aromatic carbocycles. The summed E-state index contributed by atoms with van der Waals surface area (Å²) in [6.45, 7) is 3.44. The minimum Gasteiger partial charge on any atom is -0.336 e. The zero-order chi connectivity index (χ0) is 15.7. The number of aromatic nitrogens is 2. The van der Waals surface area contributed by atoms with Crippen molar-refractivity contribution in [3.05, 3.63) is 46.7 Å². The third-order valence-electron chi connectivity index (χ3n) is 4.18. The number of carbonyl (C=O) groups excluding carboxylic acids is 1. The first-order valence-electron chi connectivity index (χ1n) is 7.40. The van der Waals surface area contributed by atoms with Gasteiger partial charge in [-0.05, 0) is 50.1 Å². The molecule has 2 atom stereocenters. The van der Waals surface area contributed by atoms with Crippen LogP contribution in [0.2, 0.25) is 0 Å². The van der Waals surface area contributed by atoms with Gasteiger partial charge in [0.25, 0.3) is 5.91 Å². The van der Waals surface area contributed by atoms with E-state index in [0.717, 1.165) is 23.1 Å². The van der Waals surface area contributed by atoms with E-state index in [1.807, 2.05) is 29.2 Å². The normalized spacial score (nSPS) is 20.4. The molecule has 124 valence electrons. The second kappa shape index (κ2) is 7.47. The Morgan fingerprint density at radius 2 is 2.09 bits per heavy atom. The maximum Gasteiger partial charge on any atom is 0.257 e. The van der Waals surface area contributed by atoms with Gasteiger partial charge in [-0.25, -0.2) is 4.68 Å². The molecule has 1 aromatic heterocycles. The first kappa shape index (κ1) is 18.0. The molecule has 0 spiro atoms. The molecular weight excluding hydrogens is 380 g/mol. The van der Waals surface area contributed by atoms with Crippen molar-refractivity contribution in [3.8, 4) is 5.69 Å². The number of nitrogens with two attached hydrogens (primary N) is 1. The maximum atomic E-state index is 12.6. The number of nitrogens with zero attached hydrogens (tertiary/aromatic N) is 3. The summed E-state index contributed by atoms with van der Waals surface area (Å²) in [6.07, 6.45) is 4.39. The number of rotatable bonds is 3. The molecule has 3 rings (SSSR count). The highest BCUT2D eigenvalue weighted by atomic mass is 79.9. The highest BCUT2D eigenvalue weighted by molar-refractivity contribution is 9.10. The predicted molar refractivity (Wildman–Crippen MR) is 96.2 cm³/mol. The summed E-state index contributed by atoms with van der Waals surface area (Å²) in [7, 11) is 0. The van der Waals surface area contributed by atoms with Crippen molar-refractivity contribution in [1.82, 2.24) is 14.7 Å². The van der Waals surface area contributed by atoms with Crippen LogP contribution < -0.4 is 5.73 Å². The molecule has 0 radical (unpaired) electrons. The minimum absolute atomic E-state index is 0. The molecule has 0 aliphatic carbocycles. The Labute approximate surface area is 150 Å². The quantitative estimate of drug-likeness (QED) is 0.863. The van der Waals surface area contributed by atoms with E-state index in [4.69, 9.17) is 5.73 Å². The van der Waals surface area contributed by atoms with Gasteiger partial charge in [-0.15, -0.1) is 12.4 Å². The van der Waals surface area contributed by atoms with E-state index in [9.17, 15) is 4.79 Å². The third kappa shape index (κ3) is 3.76. The van der Waals surface area contributed by atoms with Gasteiger partial charge in [0.15, 0.2) is 0 Å². The molecule has 2 N–H and O–H groups in total. The maximum absolute atomic E-state index is 12.6. The van der Waals surface area contributed by atoms with E-state index < -0.39 is 0 Å². The van der Waals surface area contributed by atoms with Gasteiger partial charge in [-0.3, -0.25) is 4.79 Å². The lowest BCUT2D eigenvalue weighted by Crippen LogP contribution is -2.34. The van der Waals surface area contributed by atoms with Crippen LogP contribution in [0.15, 0.2) is 41.1 Å². The summed E-state index contributed by atoms with van der Waals surface area (Å²) in [5.41, 5.74) is 7.28. The Morgan fingerprint density at radius 3 is 2.70 bits per heavy atom. The van der Waals surface area contributed by atoms with Gasteiger partial charge in [0, 0.05) is 23.3 Å². The molecule has 2 unspecified atom stereocenters. The van der Waals surface area contributed by atoms with Crippen LogP contribution in [0.3, 0.4) is 0 Å². The van der Waals surface area contributed by atoms with Gasteiger partial charge in [-0.2, -0.15) is 5.10 Å². The standard InChI is InChI=1S/C16H19BrN4O.ClH/c1-11-6-12(7-18)9-20(11)16(22)13-8-19-21(10-13)15-4-2-14(17)3-5-15;/h2-5,8,10-12H,6-7,9,18H2,1H3;1H. The Bertz CT molecular complexity index is 673. The summed E-state index contributed by atoms with van der Waals surface area (Å²) in [6, 6.07) is 8.04. The van der Waals surface area contributed by atoms with Crippen LogP contribution in [-0.2, 0) is 0 Å². The second-order valence-corrected chi connectivity index (χ2v) is 6.71. The molecule has 2 heterocycles. The van der Waals surface area contributed by atoms with Crippen molar-refractivity contribution in [2.24, 2.45) is 11.7 Å². The molecule has 5 nitrogen and oxygen atoms in total. The molecule has 2 aromatic rings. The van der Waals surface area contributed by atoms with Crippen molar-refractivity contribution < 1.29 is 4.79 Å². The first-order valence-corrected chi connectivity index (χ1v) is 8.19. The number of benzene rings is 1. The van der Waals surface area contributed by atoms with Crippen molar-refractivity contribution >= 4 is 34.2 Å². The fourth-order valence-electron chi connectivity index (χ4n) is 2.93. The van der Waals surface area contributed by atoms with Crippen LogP contribution in [0.5, 0.6) is 0 Å². The lowest BCUT2D eigenvalue weighted by atomic mass is 10.1. The van der Waals surface area contributed by atoms with E-state index in [0.29, 0.717) is 18.0 Å². The zero-order valence-corrected chi connectivity index (χ0v) is 15.3. The van der Waals surface area contributed by atoms with E-state index in [2.05, 4.69) is 28.0 Å². The van der Waals surface area contributed by atoms with Crippen molar-refractivity contribution in [2.45, 2.75) is 19.4 Å². The molecule has 0 bridgehead atoms. The zero-order valence-electron chi connectivity index (χ0n) is 12.9. The lowest BCUT2D eigenvalue weighted by Gasteiger charge is -2.20. The van der Waals surface area contributed by atoms with Crippen LogP contribution in [0.4, 0.5) is 0 Å². The predicted octanol–water partition coefficient (Wildman–Crippen LogP) is 2.87. The Hall–Kier alpha value is -1.37. The average molecular weight is 400 g/mol. The van der Waals surface area contributed by atoms with Crippen LogP contribution >= 0.6 is 28.3 Å². The summed E-state index contributed by atoms with van der Waals surface area (Å²) in [5, 5.41) is 4.30. The number of carbonyl (C=O) groups is 1. The fraction of sp³-hybridized carbons (Fsp3) is 0.375. The first-order chi connectivity index (χ1) is 10.6. The van der Waals surface area contributed by atoms with E-state index >= 15 is 0 Å². The highest BCUT2D eigenvalue weighted by Gasteiger charge is 2.32. The van der Waals surface area contributed by atoms with Crippen LogP contribution in [0, 0.1) is 5.92 Å². The highest BCUT2D eigenvalue weighted by Crippen LogP contribution is 2.24. The Kier molecular flexibility index (Phi) is 5.84. The van der Waals surface area contributed by atoms with Crippen molar-refractivity contribution in [2.75, 3.05) is 13.1 Å². The van der Waals surface area contributed by atoms with Crippen LogP contribution in [0.25, 0.3) is 5.69 Å². The topological polar surface area (TPSA) is 64.2 Å². The molecule has 1 saturated heterocycles. The Balaban J connectivity index is 0.00000192. The van der Waals surface area contributed by atoms with Crippen molar-refractivity contribution in [1.29, 1.82) is 0 Å². The molecular formula is C16H20BrClN4O. The molecule has 23 heavy (non-hydrogen) atoms. The van der Waals surface area contributed by atoms with E-state index in [-0.39, 0.29) is 24.4 Å². The molecule has 0 saturated carbocycles. The number of amides is 1. The molecule has 1 aliphatic heterocycles. The summed E-state index contributed by atoms with van der Waals surface area (Å²) in [5.74, 6) is 0.437. The van der Waals surface area contributed by atoms with Gasteiger partial charge < -0.3 is 10.6 Å². The second-order valence-electron chi connectivity index (χ2n) is 5.79. The molecule has 7 heteroatoms. The summed E-state index contributed by atoms with van der Waals surface area (Å²) < 4.78 is 2.74. The number of hydrogen-bond donors (Lipinski definition) is 1. The van der Waals surface area contributed by atoms with Gasteiger partial charge >= 0.3 is 0 Å². The van der Waals surface area contributed by atoms with Gasteiger partial charge in [0.05, 0.1) is 17.4 Å². The monoisotopic (exact) mass is 398 g/mol. The van der Waals surface area contributed by atoms with Gasteiger partial charge in [0.1, 0.15) is 0 Å². The minimum atomic E-state index is 0. The van der Waals surface area contributed by atoms with Gasteiger partial charge in [-0.1, -0.05) is 15.9 Å². The van der Waals surface area contributed by atoms with Gasteiger partial charge in [0.2, 0.25) is 0 Å². The van der Waals surface area contributed by atoms with E-state index in [1.165, 1.54) is 0 Å². The average Bonchev–Trinajstić information content (AvgIpc) is 3.14. The fourth-order valence-corrected chi connectivity index (χ4v) is 3.19. The summed E-state index contributed by atoms with van der Waals surface area (Å²) in [4.78, 5) is 14.5. The summed E-state index contributed by atoms with van der Waals surface area (Å²) >= 11 is 3.41. The molecule has 1 amide bonds. The van der Waals surface area contributed by atoms with E-state index in [1.54, 1.807) is 17.1 Å². The van der Waals surface area contributed by atoms with Crippen molar-refractivity contribution in [3.63, 3.8) is 0 Å². The lowest BCUT2D eigenvalue weighted by molar-refractivity contribution is 0.0743. The number of likely N-dealkylation sites (tertiary alicyclic amines) is 1. The molecule has 1 fully saturated rings. The Morgan fingerprint density at radius 1 is 1.39 bits per heavy atom. The van der Waals surface area contributed by atoms with Crippen LogP contribution in [-0.4, -0.2) is 39.7 Å².